The molecule has 0 spiro atoms. The molecule has 4 nitrogen and oxygen atoms in total. The normalized spacial score (nSPS) is 21.1. The van der Waals surface area contributed by atoms with Gasteiger partial charge in [-0.3, -0.25) is 0 Å². The topological polar surface area (TPSA) is 49.4 Å². The maximum absolute atomic E-state index is 11.8. The minimum atomic E-state index is -3.08. The average Bonchev–Trinajstić information content (AvgIpc) is 2.94. The van der Waals surface area contributed by atoms with Gasteiger partial charge in [0.2, 0.25) is 10.0 Å². The maximum Gasteiger partial charge on any atom is 0.211 e. The molecule has 6 heteroatoms. The predicted molar refractivity (Wildman–Crippen MR) is 94.0 cm³/mol. The number of hydrogen-bond acceptors (Lipinski definition) is 4. The fourth-order valence-electron chi connectivity index (χ4n) is 3.06. The zero-order chi connectivity index (χ0) is 16.2. The molecule has 1 saturated heterocycles. The van der Waals surface area contributed by atoms with E-state index in [0.29, 0.717) is 12.6 Å². The van der Waals surface area contributed by atoms with Crippen LogP contribution in [-0.4, -0.2) is 50.4 Å². The molecule has 0 aliphatic carbocycles. The molecule has 1 aliphatic rings. The van der Waals surface area contributed by atoms with E-state index in [1.807, 2.05) is 0 Å². The molecule has 1 aliphatic heterocycles. The van der Waals surface area contributed by atoms with Crippen LogP contribution in [-0.2, 0) is 16.4 Å². The van der Waals surface area contributed by atoms with Crippen LogP contribution in [0, 0.1) is 0 Å². The highest BCUT2D eigenvalue weighted by molar-refractivity contribution is 7.98. The van der Waals surface area contributed by atoms with Gasteiger partial charge in [-0.2, -0.15) is 4.31 Å². The highest BCUT2D eigenvalue weighted by Gasteiger charge is 2.31. The van der Waals surface area contributed by atoms with E-state index in [2.05, 4.69) is 42.8 Å². The standard InChI is InChI=1S/C16H26N2O2S2/c1-13(11-14-7-4-5-9-16(14)21-2)17-12-15-8-6-10-18(15)22(3,19)20/h4-5,7,9,13,15,17H,6,8,10-12H2,1-3H3/t13?,15-/m1/s1. The highest BCUT2D eigenvalue weighted by atomic mass is 32.2. The summed E-state index contributed by atoms with van der Waals surface area (Å²) in [5.41, 5.74) is 1.35. The van der Waals surface area contributed by atoms with Gasteiger partial charge < -0.3 is 5.32 Å². The average molecular weight is 343 g/mol. The largest absolute Gasteiger partial charge is 0.312 e. The van der Waals surface area contributed by atoms with Gasteiger partial charge >= 0.3 is 0 Å². The number of nitrogens with zero attached hydrogens (tertiary/aromatic N) is 1. The first-order valence-electron chi connectivity index (χ1n) is 7.74. The highest BCUT2D eigenvalue weighted by Crippen LogP contribution is 2.22. The lowest BCUT2D eigenvalue weighted by Crippen LogP contribution is -2.43. The molecular formula is C16H26N2O2S2. The molecule has 0 aromatic heterocycles. The third-order valence-electron chi connectivity index (χ3n) is 4.17. The first-order chi connectivity index (χ1) is 10.4. The van der Waals surface area contributed by atoms with E-state index in [1.165, 1.54) is 16.7 Å². The van der Waals surface area contributed by atoms with Crippen LogP contribution in [0.25, 0.3) is 0 Å². The molecule has 2 atom stereocenters. The Bertz CT molecular complexity index is 590. The number of hydrogen-bond donors (Lipinski definition) is 1. The van der Waals surface area contributed by atoms with E-state index in [-0.39, 0.29) is 6.04 Å². The van der Waals surface area contributed by atoms with Gasteiger partial charge in [0.05, 0.1) is 6.26 Å². The molecule has 22 heavy (non-hydrogen) atoms. The van der Waals surface area contributed by atoms with Crippen molar-refractivity contribution < 1.29 is 8.42 Å². The summed E-state index contributed by atoms with van der Waals surface area (Å²) in [7, 11) is -3.08. The van der Waals surface area contributed by atoms with Crippen molar-refractivity contribution in [2.75, 3.05) is 25.6 Å². The van der Waals surface area contributed by atoms with Crippen LogP contribution < -0.4 is 5.32 Å². The molecule has 0 amide bonds. The van der Waals surface area contributed by atoms with Crippen LogP contribution in [0.3, 0.4) is 0 Å². The summed E-state index contributed by atoms with van der Waals surface area (Å²) in [6.45, 7) is 3.56. The predicted octanol–water partition coefficient (Wildman–Crippen LogP) is 2.35. The third kappa shape index (κ3) is 4.72. The molecule has 1 aromatic rings. The van der Waals surface area contributed by atoms with Gasteiger partial charge in [0.25, 0.3) is 0 Å². The molecular weight excluding hydrogens is 316 g/mol. The Morgan fingerprint density at radius 2 is 2.14 bits per heavy atom. The lowest BCUT2D eigenvalue weighted by Gasteiger charge is -2.24. The van der Waals surface area contributed by atoms with E-state index in [0.717, 1.165) is 25.8 Å². The Kier molecular flexibility index (Phi) is 6.32. The minimum Gasteiger partial charge on any atom is -0.312 e. The first-order valence-corrected chi connectivity index (χ1v) is 10.8. The number of thioether (sulfide) groups is 1. The second-order valence-electron chi connectivity index (χ2n) is 6.00. The summed E-state index contributed by atoms with van der Waals surface area (Å²) in [5.74, 6) is 0. The molecule has 1 heterocycles. The summed E-state index contributed by atoms with van der Waals surface area (Å²) >= 11 is 1.77. The Hall–Kier alpha value is -0.560. The SMILES string of the molecule is CSc1ccccc1CC(C)NC[C@H]1CCCN1S(C)(=O)=O. The van der Waals surface area contributed by atoms with Crippen molar-refractivity contribution in [1.82, 2.24) is 9.62 Å². The van der Waals surface area contributed by atoms with E-state index < -0.39 is 10.0 Å². The molecule has 0 bridgehead atoms. The number of rotatable bonds is 7. The van der Waals surface area contributed by atoms with Crippen molar-refractivity contribution in [3.63, 3.8) is 0 Å². The number of nitrogens with one attached hydrogen (secondary N) is 1. The van der Waals surface area contributed by atoms with Gasteiger partial charge in [-0.25, -0.2) is 8.42 Å². The van der Waals surface area contributed by atoms with Crippen molar-refractivity contribution in [2.24, 2.45) is 0 Å². The summed E-state index contributed by atoms with van der Waals surface area (Å²) < 4.78 is 25.2. The van der Waals surface area contributed by atoms with Gasteiger partial charge in [-0.1, -0.05) is 18.2 Å². The van der Waals surface area contributed by atoms with E-state index in [9.17, 15) is 8.42 Å². The number of benzene rings is 1. The summed E-state index contributed by atoms with van der Waals surface area (Å²) in [5, 5.41) is 3.51. The van der Waals surface area contributed by atoms with Gasteiger partial charge in [0.15, 0.2) is 0 Å². The third-order valence-corrected chi connectivity index (χ3v) is 6.34. The minimum absolute atomic E-state index is 0.105. The smallest absolute Gasteiger partial charge is 0.211 e. The first kappa shape index (κ1) is 17.8. The van der Waals surface area contributed by atoms with Crippen LogP contribution in [0.5, 0.6) is 0 Å². The zero-order valence-corrected chi connectivity index (χ0v) is 15.2. The van der Waals surface area contributed by atoms with E-state index in [1.54, 1.807) is 16.1 Å². The molecule has 1 N–H and O–H groups in total. The van der Waals surface area contributed by atoms with E-state index >= 15 is 0 Å². The molecule has 1 unspecified atom stereocenters. The lowest BCUT2D eigenvalue weighted by molar-refractivity contribution is 0.361. The Labute approximate surface area is 138 Å². The Balaban J connectivity index is 1.89. The van der Waals surface area contributed by atoms with Crippen LogP contribution in [0.2, 0.25) is 0 Å². The van der Waals surface area contributed by atoms with Crippen LogP contribution in [0.4, 0.5) is 0 Å². The molecule has 0 radical (unpaired) electrons. The van der Waals surface area contributed by atoms with Gasteiger partial charge in [0, 0.05) is 30.1 Å². The lowest BCUT2D eigenvalue weighted by atomic mass is 10.1. The van der Waals surface area contributed by atoms with Crippen LogP contribution in [0.1, 0.15) is 25.3 Å². The molecule has 2 rings (SSSR count). The number of sulfonamides is 1. The monoisotopic (exact) mass is 342 g/mol. The molecule has 1 fully saturated rings. The van der Waals surface area contributed by atoms with Crippen molar-refractivity contribution in [3.05, 3.63) is 29.8 Å². The fraction of sp³-hybridized carbons (Fsp3) is 0.625. The Morgan fingerprint density at radius 1 is 1.41 bits per heavy atom. The van der Waals surface area contributed by atoms with Crippen molar-refractivity contribution in [2.45, 2.75) is 43.2 Å². The molecule has 1 aromatic carbocycles. The fourth-order valence-corrected chi connectivity index (χ4v) is 4.87. The summed E-state index contributed by atoms with van der Waals surface area (Å²) in [4.78, 5) is 1.31. The van der Waals surface area contributed by atoms with Gasteiger partial charge in [-0.05, 0) is 44.1 Å². The van der Waals surface area contributed by atoms with E-state index in [4.69, 9.17) is 0 Å². The molecule has 0 saturated carbocycles. The van der Waals surface area contributed by atoms with Gasteiger partial charge in [0.1, 0.15) is 0 Å². The zero-order valence-electron chi connectivity index (χ0n) is 13.6. The second kappa shape index (κ2) is 7.81. The van der Waals surface area contributed by atoms with Crippen LogP contribution in [0.15, 0.2) is 29.2 Å². The van der Waals surface area contributed by atoms with Crippen LogP contribution >= 0.6 is 11.8 Å². The van der Waals surface area contributed by atoms with Crippen molar-refractivity contribution >= 4 is 21.8 Å². The van der Waals surface area contributed by atoms with Gasteiger partial charge in [-0.15, -0.1) is 11.8 Å². The van der Waals surface area contributed by atoms with Crippen molar-refractivity contribution in [1.29, 1.82) is 0 Å². The van der Waals surface area contributed by atoms with Crippen molar-refractivity contribution in [3.8, 4) is 0 Å². The quantitative estimate of drug-likeness (QED) is 0.773. The summed E-state index contributed by atoms with van der Waals surface area (Å²) in [6, 6.07) is 8.89. The Morgan fingerprint density at radius 3 is 2.82 bits per heavy atom. The maximum atomic E-state index is 11.8. The summed E-state index contributed by atoms with van der Waals surface area (Å²) in [6.07, 6.45) is 6.28. The molecule has 124 valence electrons. The second-order valence-corrected chi connectivity index (χ2v) is 8.78.